The average molecular weight is 236 g/mol. The second-order valence-corrected chi connectivity index (χ2v) is 3.80. The summed E-state index contributed by atoms with van der Waals surface area (Å²) in [5, 5.41) is 8.37. The standard InChI is InChI=1S/C13H16O4/c1-10-6-2-3-8-12(10)17-9-5-4-7-11(14)13(15)16/h2-3,6,8H,4-5,7,9H2,1H3,(H,15,16). The van der Waals surface area contributed by atoms with Crippen molar-refractivity contribution in [1.82, 2.24) is 0 Å². The summed E-state index contributed by atoms with van der Waals surface area (Å²) in [5.74, 6) is -1.26. The van der Waals surface area contributed by atoms with Crippen LogP contribution in [0.15, 0.2) is 24.3 Å². The maximum Gasteiger partial charge on any atom is 0.372 e. The molecule has 1 rings (SSSR count). The third kappa shape index (κ3) is 4.68. The van der Waals surface area contributed by atoms with Crippen LogP contribution in [0.3, 0.4) is 0 Å². The van der Waals surface area contributed by atoms with E-state index in [1.54, 1.807) is 0 Å². The van der Waals surface area contributed by atoms with Gasteiger partial charge in [0.15, 0.2) is 0 Å². The lowest BCUT2D eigenvalue weighted by atomic mass is 10.2. The van der Waals surface area contributed by atoms with Gasteiger partial charge in [-0.05, 0) is 31.4 Å². The zero-order chi connectivity index (χ0) is 12.7. The van der Waals surface area contributed by atoms with Gasteiger partial charge in [0, 0.05) is 6.42 Å². The molecule has 0 aliphatic carbocycles. The molecule has 0 saturated carbocycles. The molecule has 0 bridgehead atoms. The number of aliphatic carboxylic acids is 1. The number of rotatable bonds is 7. The maximum atomic E-state index is 10.8. The summed E-state index contributed by atoms with van der Waals surface area (Å²) in [6.45, 7) is 2.46. The molecule has 0 saturated heterocycles. The first-order valence-corrected chi connectivity index (χ1v) is 5.56. The Labute approximate surface area is 100 Å². The van der Waals surface area contributed by atoms with Gasteiger partial charge in [-0.15, -0.1) is 0 Å². The summed E-state index contributed by atoms with van der Waals surface area (Å²) in [4.78, 5) is 21.0. The maximum absolute atomic E-state index is 10.8. The van der Waals surface area contributed by atoms with E-state index in [-0.39, 0.29) is 6.42 Å². The van der Waals surface area contributed by atoms with Crippen molar-refractivity contribution in [3.63, 3.8) is 0 Å². The van der Waals surface area contributed by atoms with Crippen LogP contribution in [0.5, 0.6) is 5.75 Å². The molecule has 1 aromatic carbocycles. The van der Waals surface area contributed by atoms with E-state index in [4.69, 9.17) is 9.84 Å². The van der Waals surface area contributed by atoms with Crippen LogP contribution in [0.2, 0.25) is 0 Å². The quantitative estimate of drug-likeness (QED) is 0.582. The van der Waals surface area contributed by atoms with Crippen molar-refractivity contribution in [3.05, 3.63) is 29.8 Å². The van der Waals surface area contributed by atoms with Crippen LogP contribution in [0.1, 0.15) is 24.8 Å². The Bertz CT molecular complexity index is 398. The van der Waals surface area contributed by atoms with Crippen LogP contribution < -0.4 is 4.74 Å². The van der Waals surface area contributed by atoms with Gasteiger partial charge in [0.05, 0.1) is 6.61 Å². The molecule has 0 aliphatic heterocycles. The highest BCUT2D eigenvalue weighted by Crippen LogP contribution is 2.16. The van der Waals surface area contributed by atoms with E-state index in [0.717, 1.165) is 11.3 Å². The summed E-state index contributed by atoms with van der Waals surface area (Å²) in [5.41, 5.74) is 1.06. The highest BCUT2D eigenvalue weighted by molar-refractivity contribution is 6.32. The number of aryl methyl sites for hydroxylation is 1. The van der Waals surface area contributed by atoms with Crippen molar-refractivity contribution in [2.24, 2.45) is 0 Å². The van der Waals surface area contributed by atoms with E-state index in [2.05, 4.69) is 0 Å². The predicted molar refractivity (Wildman–Crippen MR) is 63.2 cm³/mol. The fraction of sp³-hybridized carbons (Fsp3) is 0.385. The molecular weight excluding hydrogens is 220 g/mol. The van der Waals surface area contributed by atoms with E-state index in [0.29, 0.717) is 19.4 Å². The first-order valence-electron chi connectivity index (χ1n) is 5.56. The van der Waals surface area contributed by atoms with Gasteiger partial charge in [-0.25, -0.2) is 4.79 Å². The lowest BCUT2D eigenvalue weighted by Crippen LogP contribution is -2.12. The van der Waals surface area contributed by atoms with Gasteiger partial charge < -0.3 is 9.84 Å². The van der Waals surface area contributed by atoms with Crippen molar-refractivity contribution < 1.29 is 19.4 Å². The smallest absolute Gasteiger partial charge is 0.372 e. The SMILES string of the molecule is Cc1ccccc1OCCCCC(=O)C(=O)O. The van der Waals surface area contributed by atoms with E-state index < -0.39 is 11.8 Å². The van der Waals surface area contributed by atoms with Crippen molar-refractivity contribution in [1.29, 1.82) is 0 Å². The van der Waals surface area contributed by atoms with Crippen LogP contribution in [-0.2, 0) is 9.59 Å². The number of benzene rings is 1. The van der Waals surface area contributed by atoms with Crippen molar-refractivity contribution in [2.75, 3.05) is 6.61 Å². The molecule has 4 nitrogen and oxygen atoms in total. The Balaban J connectivity index is 2.19. The first kappa shape index (κ1) is 13.2. The fourth-order valence-corrected chi connectivity index (χ4v) is 1.40. The Hall–Kier alpha value is -1.84. The van der Waals surface area contributed by atoms with Crippen LogP contribution in [0.4, 0.5) is 0 Å². The number of unbranched alkanes of at least 4 members (excludes halogenated alkanes) is 1. The van der Waals surface area contributed by atoms with Gasteiger partial charge in [0.1, 0.15) is 5.75 Å². The molecule has 0 heterocycles. The average Bonchev–Trinajstić information content (AvgIpc) is 2.30. The molecule has 92 valence electrons. The highest BCUT2D eigenvalue weighted by Gasteiger charge is 2.09. The van der Waals surface area contributed by atoms with Crippen LogP contribution in [0, 0.1) is 6.92 Å². The molecule has 1 aromatic rings. The third-order valence-corrected chi connectivity index (χ3v) is 2.39. The molecule has 0 fully saturated rings. The summed E-state index contributed by atoms with van der Waals surface area (Å²) < 4.78 is 5.52. The molecule has 0 unspecified atom stereocenters. The van der Waals surface area contributed by atoms with Gasteiger partial charge in [-0.2, -0.15) is 0 Å². The number of hydrogen-bond acceptors (Lipinski definition) is 3. The number of carbonyl (C=O) groups is 2. The number of carboxylic acids is 1. The van der Waals surface area contributed by atoms with Crippen LogP contribution >= 0.6 is 0 Å². The fourth-order valence-electron chi connectivity index (χ4n) is 1.40. The molecule has 0 atom stereocenters. The zero-order valence-electron chi connectivity index (χ0n) is 9.81. The Morgan fingerprint density at radius 1 is 1.24 bits per heavy atom. The molecular formula is C13H16O4. The lowest BCUT2D eigenvalue weighted by molar-refractivity contribution is -0.149. The largest absolute Gasteiger partial charge is 0.493 e. The number of ether oxygens (including phenoxy) is 1. The molecule has 17 heavy (non-hydrogen) atoms. The Morgan fingerprint density at radius 2 is 1.94 bits per heavy atom. The normalized spacial score (nSPS) is 9.94. The second-order valence-electron chi connectivity index (χ2n) is 3.80. The number of carbonyl (C=O) groups excluding carboxylic acids is 1. The summed E-state index contributed by atoms with van der Waals surface area (Å²) in [6.07, 6.45) is 1.29. The number of ketones is 1. The Kier molecular flexibility index (Phi) is 5.20. The highest BCUT2D eigenvalue weighted by atomic mass is 16.5. The zero-order valence-corrected chi connectivity index (χ0v) is 9.81. The molecule has 0 radical (unpaired) electrons. The molecule has 1 N–H and O–H groups in total. The number of hydrogen-bond donors (Lipinski definition) is 1. The molecule has 0 aliphatic rings. The van der Waals surface area contributed by atoms with Gasteiger partial charge in [-0.3, -0.25) is 4.79 Å². The van der Waals surface area contributed by atoms with Crippen LogP contribution in [-0.4, -0.2) is 23.5 Å². The van der Waals surface area contributed by atoms with E-state index in [1.165, 1.54) is 0 Å². The Morgan fingerprint density at radius 3 is 2.59 bits per heavy atom. The van der Waals surface area contributed by atoms with Crippen molar-refractivity contribution in [2.45, 2.75) is 26.2 Å². The van der Waals surface area contributed by atoms with Crippen molar-refractivity contribution >= 4 is 11.8 Å². The third-order valence-electron chi connectivity index (χ3n) is 2.39. The van der Waals surface area contributed by atoms with Gasteiger partial charge >= 0.3 is 5.97 Å². The molecule has 0 amide bonds. The number of para-hydroxylation sites is 1. The van der Waals surface area contributed by atoms with Gasteiger partial charge in [0.25, 0.3) is 0 Å². The molecule has 0 aromatic heterocycles. The minimum Gasteiger partial charge on any atom is -0.493 e. The minimum atomic E-state index is -1.36. The minimum absolute atomic E-state index is 0.0759. The first-order chi connectivity index (χ1) is 8.11. The molecule has 4 heteroatoms. The predicted octanol–water partition coefficient (Wildman–Crippen LogP) is 2.20. The number of Topliss-reactive ketones (excluding diaryl/α,β-unsaturated/α-hetero) is 1. The van der Waals surface area contributed by atoms with Gasteiger partial charge in [-0.1, -0.05) is 18.2 Å². The van der Waals surface area contributed by atoms with Crippen molar-refractivity contribution in [3.8, 4) is 5.75 Å². The second kappa shape index (κ2) is 6.68. The van der Waals surface area contributed by atoms with Gasteiger partial charge in [0.2, 0.25) is 5.78 Å². The molecule has 0 spiro atoms. The van der Waals surface area contributed by atoms with E-state index in [9.17, 15) is 9.59 Å². The number of carboxylic acid groups (broad SMARTS) is 1. The monoisotopic (exact) mass is 236 g/mol. The summed E-state index contributed by atoms with van der Waals surface area (Å²) in [7, 11) is 0. The lowest BCUT2D eigenvalue weighted by Gasteiger charge is -2.07. The summed E-state index contributed by atoms with van der Waals surface area (Å²) >= 11 is 0. The topological polar surface area (TPSA) is 63.6 Å². The van der Waals surface area contributed by atoms with E-state index >= 15 is 0 Å². The van der Waals surface area contributed by atoms with E-state index in [1.807, 2.05) is 31.2 Å². The van der Waals surface area contributed by atoms with Crippen LogP contribution in [0.25, 0.3) is 0 Å². The summed E-state index contributed by atoms with van der Waals surface area (Å²) in [6, 6.07) is 7.69.